The van der Waals surface area contributed by atoms with E-state index < -0.39 is 30.9 Å². The number of hydrogen-bond acceptors (Lipinski definition) is 19. The lowest BCUT2D eigenvalue weighted by Gasteiger charge is -2.45. The molecule has 0 spiro atoms. The van der Waals surface area contributed by atoms with Gasteiger partial charge in [0, 0.05) is 150 Å². The second-order valence-electron chi connectivity index (χ2n) is 44.0. The molecule has 137 heavy (non-hydrogen) atoms. The molecule has 0 bridgehead atoms. The van der Waals surface area contributed by atoms with Crippen LogP contribution in [-0.4, -0.2) is 266 Å². The van der Waals surface area contributed by atoms with Gasteiger partial charge in [0.05, 0.1) is 60.5 Å². The van der Waals surface area contributed by atoms with Crippen molar-refractivity contribution < 1.29 is 52.1 Å². The van der Waals surface area contributed by atoms with Crippen LogP contribution < -0.4 is 20.4 Å². The summed E-state index contributed by atoms with van der Waals surface area (Å²) in [5, 5.41) is 45.6. The fourth-order valence-corrected chi connectivity index (χ4v) is 20.7. The number of amides is 3. The van der Waals surface area contributed by atoms with E-state index in [4.69, 9.17) is 22.8 Å². The van der Waals surface area contributed by atoms with Crippen LogP contribution in [0.4, 0.5) is 21.0 Å². The number of aromatic carboxylic acids is 1. The van der Waals surface area contributed by atoms with Gasteiger partial charge in [0.2, 0.25) is 0 Å². The first-order valence-corrected chi connectivity index (χ1v) is 60.4. The maximum absolute atomic E-state index is 13.6. The molecule has 23 nitrogen and oxygen atoms in total. The molecule has 6 aromatic rings. The Hall–Kier alpha value is -7.60. The van der Waals surface area contributed by atoms with Gasteiger partial charge in [0.25, 0.3) is 5.91 Å². The van der Waals surface area contributed by atoms with E-state index in [1.165, 1.54) is 16.7 Å². The molecule has 6 aliphatic heterocycles. The number of para-hydroxylation sites is 2. The summed E-state index contributed by atoms with van der Waals surface area (Å²) in [6.45, 7) is 76.1. The van der Waals surface area contributed by atoms with Crippen LogP contribution in [0.1, 0.15) is 220 Å². The maximum Gasteiger partial charge on any atom is 0.410 e. The van der Waals surface area contributed by atoms with Crippen LogP contribution >= 0.6 is 22.6 Å². The largest absolute Gasteiger partial charge is 0.478 e. The zero-order valence-electron chi connectivity index (χ0n) is 88.7. The first-order chi connectivity index (χ1) is 64.4. The molecule has 12 rings (SSSR count). The standard InChI is InChI=1S/C30H40N4O2.C22H38N2O3Si.C22H24N2O2.C19H32N2O3Si.C14H32N2OSi.C3H7I/c1-21(2)34-14-13-33(19-27(34)20-35)30(36)28-17-26(22(3)15-23(28)4)16-24-9-11-32(12-10-24)29-8-6-5-7-25(29)18-31;1-18(2)24-14-13-23(21(25)26-16-19-11-9-8-10-12-19)15-20(24)17-27-28(6,7)22(3,4)5;1-15-11-16(2)20(22(25)26)13-19(15)12-17-7-9-24(10-8-17)21-6-4-3-5-18(21)14-23;1-19(2,3)25(4,5)24-15-17-13-21(12-11-20-17)18(22)23-14-16-9-7-6-8-10-16;1-12(2)16-9-8-15-10-13(16)11-17-18(6,7)14(3,4)5;1-3(2)4/h5-8,15,17,21,24,27,35H,9-14,16,19-20H2,1-4H3;8-12,18,20H,13-17H2,1-7H3;3-6,11,13,17H,7-10,12H2,1-2H3,(H,25,26);6-10,17,20H,11-15H2,1-5H3;12-13,15H,8-11H2,1-7H3;3H,1-2H3/t27-;20-;;17-;13-;/m11.11./s1. The molecule has 6 fully saturated rings. The van der Waals surface area contributed by atoms with Crippen LogP contribution in [0.5, 0.6) is 0 Å². The first kappa shape index (κ1) is 116. The van der Waals surface area contributed by atoms with Gasteiger partial charge in [-0.2, -0.15) is 10.5 Å². The number of aryl methyl sites for hydroxylation is 4. The Bertz CT molecular complexity index is 4800. The lowest BCUT2D eigenvalue weighted by molar-refractivity contribution is 0.0156. The van der Waals surface area contributed by atoms with Crippen LogP contribution in [0.2, 0.25) is 54.4 Å². The van der Waals surface area contributed by atoms with Crippen molar-refractivity contribution in [2.75, 3.05) is 141 Å². The van der Waals surface area contributed by atoms with Crippen molar-refractivity contribution in [2.24, 2.45) is 11.8 Å². The van der Waals surface area contributed by atoms with Gasteiger partial charge in [-0.15, -0.1) is 0 Å². The van der Waals surface area contributed by atoms with E-state index in [1.807, 2.05) is 145 Å². The summed E-state index contributed by atoms with van der Waals surface area (Å²) in [7, 11) is -5.20. The number of carboxylic acid groups (broad SMARTS) is 1. The number of hydrogen-bond donors (Lipinski definition) is 4. The lowest BCUT2D eigenvalue weighted by Crippen LogP contribution is -2.59. The number of rotatable bonds is 25. The van der Waals surface area contributed by atoms with Gasteiger partial charge < -0.3 is 68.1 Å². The van der Waals surface area contributed by atoms with Crippen molar-refractivity contribution in [1.82, 2.24) is 40.0 Å². The molecular weight excluding hydrogens is 1880 g/mol. The first-order valence-electron chi connectivity index (χ1n) is 50.4. The minimum Gasteiger partial charge on any atom is -0.478 e. The number of carbonyl (C=O) groups excluding carboxylic acids is 3. The summed E-state index contributed by atoms with van der Waals surface area (Å²) in [5.41, 5.74) is 13.4. The molecule has 6 heterocycles. The highest BCUT2D eigenvalue weighted by molar-refractivity contribution is 14.1. The molecule has 3 amide bonds. The highest BCUT2D eigenvalue weighted by Gasteiger charge is 2.43. The zero-order valence-corrected chi connectivity index (χ0v) is 93.9. The van der Waals surface area contributed by atoms with E-state index in [-0.39, 0.29) is 52.9 Å². The molecule has 758 valence electrons. The SMILES string of the molecule is CC(C)(C)[Si](C)(C)OC[C@H]1CN(C(=O)OCc2ccccc2)CCN1.CC(C)I.CC(C)N1CCN(C(=O)OCc2ccccc2)C[C@@H]1CO[Si](C)(C)C(C)(C)C.CC(C)N1CCNC[C@@H]1CO[Si](C)(C)C(C)(C)C.Cc1cc(C)c(C(=O)N2CCN(C(C)C)[C@@H](CO)C2)cc1CC1CCN(c2ccccc2C#N)CC1.Cc1cc(C)c(C(=O)O)cc1CC1CCN(c2ccccc2C#N)CC1. The third-order valence-electron chi connectivity index (χ3n) is 29.3. The van der Waals surface area contributed by atoms with Gasteiger partial charge >= 0.3 is 18.2 Å². The number of halogens is 1. The van der Waals surface area contributed by atoms with Gasteiger partial charge in [-0.1, -0.05) is 196 Å². The van der Waals surface area contributed by atoms with E-state index in [9.17, 15) is 39.9 Å². The van der Waals surface area contributed by atoms with Gasteiger partial charge in [-0.05, 0) is 255 Å². The smallest absolute Gasteiger partial charge is 0.410 e. The number of aliphatic hydroxyl groups excluding tert-OH is 1. The average Bonchev–Trinajstić information content (AvgIpc) is 0.801. The predicted molar refractivity (Wildman–Crippen MR) is 578 cm³/mol. The van der Waals surface area contributed by atoms with Gasteiger partial charge in [0.1, 0.15) is 25.4 Å². The second-order valence-corrected chi connectivity index (χ2v) is 60.9. The van der Waals surface area contributed by atoms with Crippen molar-refractivity contribution in [1.29, 1.82) is 10.5 Å². The molecule has 6 aliphatic rings. The Morgan fingerprint density at radius 2 is 0.832 bits per heavy atom. The highest BCUT2D eigenvalue weighted by atomic mass is 127. The Morgan fingerprint density at radius 3 is 1.25 bits per heavy atom. The summed E-state index contributed by atoms with van der Waals surface area (Å²) < 4.78 is 30.9. The van der Waals surface area contributed by atoms with Crippen LogP contribution in [0.15, 0.2) is 133 Å². The predicted octanol–water partition coefficient (Wildman–Crippen LogP) is 21.4. The number of piperazine rings is 4. The Balaban J connectivity index is 0.000000234. The van der Waals surface area contributed by atoms with Crippen molar-refractivity contribution >= 4 is 83.0 Å². The van der Waals surface area contributed by atoms with Crippen LogP contribution in [0.3, 0.4) is 0 Å². The molecule has 0 aromatic heterocycles. The van der Waals surface area contributed by atoms with E-state index in [0.29, 0.717) is 112 Å². The fraction of sp³-hybridized carbons (Fsp3) is 0.618. The number of alkyl halides is 1. The number of nitrogens with zero attached hydrogens (tertiary/aromatic N) is 10. The van der Waals surface area contributed by atoms with Gasteiger partial charge in [0.15, 0.2) is 25.0 Å². The second kappa shape index (κ2) is 54.6. The summed E-state index contributed by atoms with van der Waals surface area (Å²) in [6, 6.07) is 50.2. The van der Waals surface area contributed by atoms with E-state index >= 15 is 0 Å². The molecule has 0 unspecified atom stereocenters. The number of carboxylic acids is 1. The number of aliphatic hydroxyl groups is 1. The number of piperidine rings is 2. The number of benzene rings is 6. The minimum atomic E-state index is -1.82. The van der Waals surface area contributed by atoms with Crippen molar-refractivity contribution in [3.05, 3.63) is 200 Å². The molecule has 6 saturated heterocycles. The van der Waals surface area contributed by atoms with Crippen LogP contribution in [-0.2, 0) is 48.8 Å². The Kier molecular flexibility index (Phi) is 46.4. The molecule has 6 aromatic carbocycles. The monoisotopic (exact) mass is 2050 g/mol. The quantitative estimate of drug-likeness (QED) is 0.0236. The molecule has 4 atom stereocenters. The summed E-state index contributed by atoms with van der Waals surface area (Å²) in [5.74, 6) is 0.335. The fourth-order valence-electron chi connectivity index (χ4n) is 17.6. The molecule has 0 radical (unpaired) electrons. The van der Waals surface area contributed by atoms with E-state index in [0.717, 1.165) is 170 Å². The number of ether oxygens (including phenoxy) is 2. The number of nitrogens with one attached hydrogen (secondary N) is 2. The van der Waals surface area contributed by atoms with Crippen molar-refractivity contribution in [2.45, 2.75) is 298 Å². The third kappa shape index (κ3) is 36.1. The highest BCUT2D eigenvalue weighted by Crippen LogP contribution is 2.41. The Morgan fingerprint density at radius 1 is 0.460 bits per heavy atom. The van der Waals surface area contributed by atoms with Gasteiger partial charge in [-0.25, -0.2) is 14.4 Å². The number of nitriles is 2. The number of carbonyl (C=O) groups is 4. The molecule has 27 heteroatoms. The van der Waals surface area contributed by atoms with E-state index in [1.54, 1.807) is 4.90 Å². The maximum atomic E-state index is 13.6. The molecule has 0 aliphatic carbocycles. The minimum absolute atomic E-state index is 0.00993. The number of anilines is 2. The third-order valence-corrected chi connectivity index (χ3v) is 42.8. The topological polar surface area (TPSA) is 252 Å². The van der Waals surface area contributed by atoms with Gasteiger partial charge in [-0.3, -0.25) is 19.5 Å². The summed E-state index contributed by atoms with van der Waals surface area (Å²) in [6.07, 6.45) is 5.66. The molecule has 0 saturated carbocycles. The zero-order chi connectivity index (χ0) is 102. The Labute approximate surface area is 842 Å². The molecule has 4 N–H and O–H groups in total. The summed E-state index contributed by atoms with van der Waals surface area (Å²) in [4.78, 5) is 67.4. The van der Waals surface area contributed by atoms with Crippen molar-refractivity contribution in [3.8, 4) is 12.1 Å². The van der Waals surface area contributed by atoms with Crippen LogP contribution in [0, 0.1) is 62.2 Å². The normalized spacial score (nSPS) is 18.7. The molecular formula is C110H173IN12O11Si3. The van der Waals surface area contributed by atoms with E-state index in [2.05, 4.69) is 253 Å². The lowest BCUT2D eigenvalue weighted by atomic mass is 9.86. The summed E-state index contributed by atoms with van der Waals surface area (Å²) >= 11 is 2.34. The average molecular weight is 2050 g/mol. The van der Waals surface area contributed by atoms with Crippen molar-refractivity contribution in [3.63, 3.8) is 0 Å². The van der Waals surface area contributed by atoms with Crippen LogP contribution in [0.25, 0.3) is 0 Å².